The Kier molecular flexibility index (Phi) is 6.29. The fourth-order valence-electron chi connectivity index (χ4n) is 3.69. The Balaban J connectivity index is 1.52. The Hall–Kier alpha value is -1.89. The third-order valence-electron chi connectivity index (χ3n) is 5.03. The lowest BCUT2D eigenvalue weighted by molar-refractivity contribution is -0.117. The SMILES string of the molecule is CC(C)Oc1nc(N)c2c(n1)N(CCCCCN1CCCCC1)C(=O)C2. The van der Waals surface area contributed by atoms with Crippen LogP contribution in [0.4, 0.5) is 11.6 Å². The van der Waals surface area contributed by atoms with Crippen molar-refractivity contribution >= 4 is 17.5 Å². The molecule has 0 radical (unpaired) electrons. The molecule has 2 N–H and O–H groups in total. The van der Waals surface area contributed by atoms with E-state index in [0.717, 1.165) is 18.4 Å². The van der Waals surface area contributed by atoms with E-state index in [4.69, 9.17) is 10.5 Å². The highest BCUT2D eigenvalue weighted by Crippen LogP contribution is 2.32. The van der Waals surface area contributed by atoms with E-state index in [-0.39, 0.29) is 24.4 Å². The van der Waals surface area contributed by atoms with Gasteiger partial charge in [-0.3, -0.25) is 9.69 Å². The molecule has 26 heavy (non-hydrogen) atoms. The molecule has 0 aliphatic carbocycles. The number of anilines is 2. The molecule has 7 heteroatoms. The van der Waals surface area contributed by atoms with Crippen molar-refractivity contribution in [3.63, 3.8) is 0 Å². The number of nitrogen functional groups attached to an aromatic ring is 1. The maximum atomic E-state index is 12.4. The van der Waals surface area contributed by atoms with Crippen LogP contribution < -0.4 is 15.4 Å². The van der Waals surface area contributed by atoms with Crippen molar-refractivity contribution in [1.82, 2.24) is 14.9 Å². The summed E-state index contributed by atoms with van der Waals surface area (Å²) in [5.74, 6) is 1.04. The highest BCUT2D eigenvalue weighted by Gasteiger charge is 2.31. The van der Waals surface area contributed by atoms with Gasteiger partial charge in [0.2, 0.25) is 5.91 Å². The quantitative estimate of drug-likeness (QED) is 0.716. The second kappa shape index (κ2) is 8.66. The minimum Gasteiger partial charge on any atom is -0.461 e. The molecule has 3 heterocycles. The van der Waals surface area contributed by atoms with Crippen molar-refractivity contribution < 1.29 is 9.53 Å². The first-order valence-corrected chi connectivity index (χ1v) is 9.90. The van der Waals surface area contributed by atoms with Crippen molar-refractivity contribution in [3.05, 3.63) is 5.56 Å². The monoisotopic (exact) mass is 361 g/mol. The molecule has 1 amide bonds. The molecular formula is C19H31N5O2. The van der Waals surface area contributed by atoms with Crippen molar-refractivity contribution in [2.24, 2.45) is 0 Å². The lowest BCUT2D eigenvalue weighted by atomic mass is 10.1. The average Bonchev–Trinajstić information content (AvgIpc) is 2.91. The molecule has 2 aliphatic rings. The normalized spacial score (nSPS) is 17.8. The van der Waals surface area contributed by atoms with Crippen LogP contribution in [0.3, 0.4) is 0 Å². The fourth-order valence-corrected chi connectivity index (χ4v) is 3.69. The average molecular weight is 361 g/mol. The van der Waals surface area contributed by atoms with E-state index in [2.05, 4.69) is 14.9 Å². The van der Waals surface area contributed by atoms with E-state index >= 15 is 0 Å². The molecule has 0 bridgehead atoms. The van der Waals surface area contributed by atoms with Gasteiger partial charge in [0, 0.05) is 12.1 Å². The first-order chi connectivity index (χ1) is 12.5. The van der Waals surface area contributed by atoms with E-state index in [0.29, 0.717) is 18.2 Å². The first-order valence-electron chi connectivity index (χ1n) is 9.90. The summed E-state index contributed by atoms with van der Waals surface area (Å²) >= 11 is 0. The predicted molar refractivity (Wildman–Crippen MR) is 102 cm³/mol. The van der Waals surface area contributed by atoms with Gasteiger partial charge in [-0.2, -0.15) is 9.97 Å². The molecule has 0 aromatic carbocycles. The van der Waals surface area contributed by atoms with Crippen LogP contribution >= 0.6 is 0 Å². The summed E-state index contributed by atoms with van der Waals surface area (Å²) in [4.78, 5) is 25.3. The number of carbonyl (C=O) groups excluding carboxylic acids is 1. The van der Waals surface area contributed by atoms with Crippen LogP contribution in [0.2, 0.25) is 0 Å². The molecule has 1 fully saturated rings. The summed E-state index contributed by atoms with van der Waals surface area (Å²) in [6.45, 7) is 8.17. The third-order valence-corrected chi connectivity index (χ3v) is 5.03. The van der Waals surface area contributed by atoms with Gasteiger partial charge in [0.1, 0.15) is 11.6 Å². The molecule has 1 aromatic rings. The van der Waals surface area contributed by atoms with Gasteiger partial charge in [-0.1, -0.05) is 12.8 Å². The summed E-state index contributed by atoms with van der Waals surface area (Å²) in [5, 5.41) is 0. The van der Waals surface area contributed by atoms with E-state index < -0.39 is 0 Å². The number of rotatable bonds is 8. The number of amides is 1. The lowest BCUT2D eigenvalue weighted by Gasteiger charge is -2.26. The molecule has 0 atom stereocenters. The zero-order valence-corrected chi connectivity index (χ0v) is 16.0. The number of ether oxygens (including phenoxy) is 1. The predicted octanol–water partition coefficient (Wildman–Crippen LogP) is 2.39. The van der Waals surface area contributed by atoms with Gasteiger partial charge in [0.15, 0.2) is 0 Å². The number of hydrogen-bond acceptors (Lipinski definition) is 6. The maximum Gasteiger partial charge on any atom is 0.320 e. The molecule has 2 aliphatic heterocycles. The molecule has 1 aromatic heterocycles. The van der Waals surface area contributed by atoms with Crippen molar-refractivity contribution in [2.45, 2.75) is 64.9 Å². The topological polar surface area (TPSA) is 84.6 Å². The van der Waals surface area contributed by atoms with Crippen molar-refractivity contribution in [2.75, 3.05) is 36.8 Å². The molecule has 0 unspecified atom stereocenters. The van der Waals surface area contributed by atoms with E-state index in [1.807, 2.05) is 13.8 Å². The third kappa shape index (κ3) is 4.63. The first kappa shape index (κ1) is 18.9. The summed E-state index contributed by atoms with van der Waals surface area (Å²) in [7, 11) is 0. The number of aromatic nitrogens is 2. The largest absolute Gasteiger partial charge is 0.461 e. The number of likely N-dealkylation sites (tertiary alicyclic amines) is 1. The Morgan fingerprint density at radius 2 is 1.81 bits per heavy atom. The second-order valence-corrected chi connectivity index (χ2v) is 7.55. The smallest absolute Gasteiger partial charge is 0.320 e. The minimum atomic E-state index is -0.0345. The van der Waals surface area contributed by atoms with Crippen molar-refractivity contribution in [1.29, 1.82) is 0 Å². The summed E-state index contributed by atoms with van der Waals surface area (Å²) in [6.07, 6.45) is 7.57. The zero-order valence-electron chi connectivity index (χ0n) is 16.0. The lowest BCUT2D eigenvalue weighted by Crippen LogP contribution is -2.31. The number of nitrogens with two attached hydrogens (primary N) is 1. The van der Waals surface area contributed by atoms with E-state index in [9.17, 15) is 4.79 Å². The summed E-state index contributed by atoms with van der Waals surface area (Å²) in [6, 6.07) is 0.251. The highest BCUT2D eigenvalue weighted by atomic mass is 16.5. The number of unbranched alkanes of at least 4 members (excludes halogenated alkanes) is 2. The molecule has 3 rings (SSSR count). The summed E-state index contributed by atoms with van der Waals surface area (Å²) in [5.41, 5.74) is 6.75. The molecule has 0 spiro atoms. The number of nitrogens with zero attached hydrogens (tertiary/aromatic N) is 4. The summed E-state index contributed by atoms with van der Waals surface area (Å²) < 4.78 is 5.57. The van der Waals surface area contributed by atoms with Gasteiger partial charge < -0.3 is 15.4 Å². The number of piperidine rings is 1. The van der Waals surface area contributed by atoms with Crippen LogP contribution in [0, 0.1) is 0 Å². The number of fused-ring (bicyclic) bond motifs is 1. The van der Waals surface area contributed by atoms with Gasteiger partial charge in [-0.05, 0) is 59.2 Å². The van der Waals surface area contributed by atoms with Crippen LogP contribution in [-0.2, 0) is 11.2 Å². The van der Waals surface area contributed by atoms with Gasteiger partial charge in [-0.15, -0.1) is 0 Å². The zero-order chi connectivity index (χ0) is 18.5. The molecule has 144 valence electrons. The fraction of sp³-hybridized carbons (Fsp3) is 0.737. The minimum absolute atomic E-state index is 0.0345. The standard InChI is InChI=1S/C19H31N5O2/c1-14(2)26-19-21-17(20)15-13-16(25)24(18(15)22-19)12-8-4-7-11-23-9-5-3-6-10-23/h14H,3-13H2,1-2H3,(H2,20,21,22). The Morgan fingerprint density at radius 3 is 2.54 bits per heavy atom. The van der Waals surface area contributed by atoms with Crippen LogP contribution in [-0.4, -0.2) is 53.1 Å². The Bertz CT molecular complexity index is 629. The molecule has 7 nitrogen and oxygen atoms in total. The van der Waals surface area contributed by atoms with Crippen LogP contribution in [0.1, 0.15) is 57.9 Å². The van der Waals surface area contributed by atoms with Crippen LogP contribution in [0.5, 0.6) is 6.01 Å². The second-order valence-electron chi connectivity index (χ2n) is 7.55. The van der Waals surface area contributed by atoms with E-state index in [1.165, 1.54) is 45.3 Å². The van der Waals surface area contributed by atoms with Crippen LogP contribution in [0.25, 0.3) is 0 Å². The molecular weight excluding hydrogens is 330 g/mol. The number of carbonyl (C=O) groups is 1. The van der Waals surface area contributed by atoms with Gasteiger partial charge in [0.05, 0.1) is 12.5 Å². The van der Waals surface area contributed by atoms with Gasteiger partial charge in [0.25, 0.3) is 0 Å². The van der Waals surface area contributed by atoms with Crippen molar-refractivity contribution in [3.8, 4) is 6.01 Å². The molecule has 1 saturated heterocycles. The van der Waals surface area contributed by atoms with Gasteiger partial charge >= 0.3 is 6.01 Å². The maximum absolute atomic E-state index is 12.4. The van der Waals surface area contributed by atoms with Gasteiger partial charge in [-0.25, -0.2) is 0 Å². The number of hydrogen-bond donors (Lipinski definition) is 1. The van der Waals surface area contributed by atoms with E-state index in [1.54, 1.807) is 4.90 Å². The van der Waals surface area contributed by atoms with Crippen LogP contribution in [0.15, 0.2) is 0 Å². The Morgan fingerprint density at radius 1 is 1.08 bits per heavy atom. The molecule has 0 saturated carbocycles. The Labute approximate surface area is 155 Å². The highest BCUT2D eigenvalue weighted by molar-refractivity contribution is 6.01.